The second-order valence-corrected chi connectivity index (χ2v) is 6.20. The molecule has 2 rings (SSSR count). The lowest BCUT2D eigenvalue weighted by molar-refractivity contribution is 0.404. The molecule has 0 spiro atoms. The first-order valence-electron chi connectivity index (χ1n) is 6.00. The third-order valence-electron chi connectivity index (χ3n) is 2.79. The van der Waals surface area contributed by atoms with Crippen LogP contribution in [-0.2, 0) is 0 Å². The summed E-state index contributed by atoms with van der Waals surface area (Å²) >= 11 is 5.18. The molecule has 0 fully saturated rings. The number of hydrogen-bond donors (Lipinski definition) is 1. The molecule has 1 unspecified atom stereocenters. The van der Waals surface area contributed by atoms with Gasteiger partial charge in [0.15, 0.2) is 0 Å². The number of rotatable bonds is 5. The zero-order valence-corrected chi connectivity index (χ0v) is 13.1. The molecule has 0 saturated heterocycles. The number of thioether (sulfide) groups is 1. The average molecular weight is 338 g/mol. The molecule has 2 nitrogen and oxygen atoms in total. The van der Waals surface area contributed by atoms with E-state index in [1.54, 1.807) is 18.9 Å². The lowest BCUT2D eigenvalue weighted by Crippen LogP contribution is -2.09. The highest BCUT2D eigenvalue weighted by molar-refractivity contribution is 9.10. The number of benzene rings is 2. The summed E-state index contributed by atoms with van der Waals surface area (Å²) in [4.78, 5) is 1.11. The second-order valence-electron chi connectivity index (χ2n) is 4.04. The Morgan fingerprint density at radius 1 is 1.16 bits per heavy atom. The maximum Gasteiger partial charge on any atom is 0.132 e. The second kappa shape index (κ2) is 6.98. The molecule has 0 aromatic heterocycles. The van der Waals surface area contributed by atoms with E-state index in [1.165, 1.54) is 5.56 Å². The summed E-state index contributed by atoms with van der Waals surface area (Å²) < 4.78 is 6.45. The molecule has 0 aliphatic heterocycles. The molecule has 0 amide bonds. The molecule has 0 aliphatic rings. The molecular weight excluding hydrogens is 322 g/mol. The van der Waals surface area contributed by atoms with Gasteiger partial charge in [0.05, 0.1) is 7.11 Å². The maximum atomic E-state index is 5.91. The Bertz CT molecular complexity index is 530. The highest BCUT2D eigenvalue weighted by Crippen LogP contribution is 2.39. The Morgan fingerprint density at radius 3 is 2.47 bits per heavy atom. The van der Waals surface area contributed by atoms with Gasteiger partial charge < -0.3 is 10.5 Å². The minimum absolute atomic E-state index is 0.226. The predicted octanol–water partition coefficient (Wildman–Crippen LogP) is 4.25. The number of halogens is 1. The van der Waals surface area contributed by atoms with Crippen molar-refractivity contribution in [3.8, 4) is 5.75 Å². The van der Waals surface area contributed by atoms with Crippen molar-refractivity contribution in [2.24, 2.45) is 5.73 Å². The zero-order valence-electron chi connectivity index (χ0n) is 10.7. The summed E-state index contributed by atoms with van der Waals surface area (Å²) in [6.45, 7) is 0.588. The van der Waals surface area contributed by atoms with Crippen molar-refractivity contribution in [2.45, 2.75) is 10.1 Å². The van der Waals surface area contributed by atoms with Gasteiger partial charge in [-0.2, -0.15) is 0 Å². The Labute approximate surface area is 126 Å². The van der Waals surface area contributed by atoms with E-state index in [2.05, 4.69) is 34.1 Å². The van der Waals surface area contributed by atoms with E-state index in [0.29, 0.717) is 6.54 Å². The van der Waals surface area contributed by atoms with Crippen molar-refractivity contribution in [3.63, 3.8) is 0 Å². The predicted molar refractivity (Wildman–Crippen MR) is 84.8 cm³/mol. The van der Waals surface area contributed by atoms with Crippen LogP contribution in [0.25, 0.3) is 0 Å². The topological polar surface area (TPSA) is 35.2 Å². The Balaban J connectivity index is 2.21. The molecule has 0 bridgehead atoms. The number of hydrogen-bond acceptors (Lipinski definition) is 3. The van der Waals surface area contributed by atoms with Crippen LogP contribution in [0.5, 0.6) is 5.75 Å². The van der Waals surface area contributed by atoms with Gasteiger partial charge in [-0.1, -0.05) is 40.2 Å². The molecule has 0 aliphatic carbocycles. The van der Waals surface area contributed by atoms with Gasteiger partial charge in [0.25, 0.3) is 0 Å². The highest BCUT2D eigenvalue weighted by Gasteiger charge is 2.13. The summed E-state index contributed by atoms with van der Waals surface area (Å²) in [7, 11) is 1.69. The average Bonchev–Trinajstić information content (AvgIpc) is 2.46. The minimum atomic E-state index is 0.226. The normalized spacial score (nSPS) is 12.2. The number of nitrogens with two attached hydrogens (primary N) is 1. The van der Waals surface area contributed by atoms with Crippen LogP contribution >= 0.6 is 27.7 Å². The first kappa shape index (κ1) is 14.4. The smallest absolute Gasteiger partial charge is 0.132 e. The Kier molecular flexibility index (Phi) is 5.31. The number of ether oxygens (including phenoxy) is 1. The van der Waals surface area contributed by atoms with Crippen molar-refractivity contribution in [2.75, 3.05) is 13.7 Å². The highest BCUT2D eigenvalue weighted by atomic mass is 79.9. The molecule has 1 atom stereocenters. The molecule has 100 valence electrons. The van der Waals surface area contributed by atoms with Crippen molar-refractivity contribution >= 4 is 27.7 Å². The zero-order chi connectivity index (χ0) is 13.7. The van der Waals surface area contributed by atoms with Crippen LogP contribution in [0, 0.1) is 0 Å². The monoisotopic (exact) mass is 337 g/mol. The third kappa shape index (κ3) is 3.75. The van der Waals surface area contributed by atoms with Gasteiger partial charge in [0.1, 0.15) is 5.75 Å². The maximum absolute atomic E-state index is 5.91. The van der Waals surface area contributed by atoms with E-state index in [1.807, 2.05) is 30.3 Å². The minimum Gasteiger partial charge on any atom is -0.496 e. The molecular formula is C15H16BrNOS. The van der Waals surface area contributed by atoms with Crippen LogP contribution in [0.1, 0.15) is 10.8 Å². The summed E-state index contributed by atoms with van der Waals surface area (Å²) in [6, 6.07) is 16.3. The van der Waals surface area contributed by atoms with Crippen molar-refractivity contribution < 1.29 is 4.74 Å². The van der Waals surface area contributed by atoms with Gasteiger partial charge >= 0.3 is 0 Å². The van der Waals surface area contributed by atoms with Gasteiger partial charge in [0, 0.05) is 21.2 Å². The van der Waals surface area contributed by atoms with E-state index < -0.39 is 0 Å². The van der Waals surface area contributed by atoms with Crippen LogP contribution in [-0.4, -0.2) is 13.7 Å². The molecule has 2 aromatic carbocycles. The largest absolute Gasteiger partial charge is 0.496 e. The van der Waals surface area contributed by atoms with E-state index in [-0.39, 0.29) is 5.25 Å². The number of methoxy groups -OCH3 is 1. The molecule has 4 heteroatoms. The SMILES string of the molecule is COc1ccccc1SC(CN)c1ccc(Br)cc1. The summed E-state index contributed by atoms with van der Waals surface area (Å²) in [6.07, 6.45) is 0. The summed E-state index contributed by atoms with van der Waals surface area (Å²) in [5.74, 6) is 0.892. The fraction of sp³-hybridized carbons (Fsp3) is 0.200. The van der Waals surface area contributed by atoms with Crippen molar-refractivity contribution in [3.05, 3.63) is 58.6 Å². The fourth-order valence-electron chi connectivity index (χ4n) is 1.80. The standard InChI is InChI=1S/C15H16BrNOS/c1-18-13-4-2-3-5-14(13)19-15(10-17)11-6-8-12(16)9-7-11/h2-9,15H,10,17H2,1H3. The van der Waals surface area contributed by atoms with E-state index in [4.69, 9.17) is 10.5 Å². The van der Waals surface area contributed by atoms with Crippen molar-refractivity contribution in [1.29, 1.82) is 0 Å². The lowest BCUT2D eigenvalue weighted by Gasteiger charge is -2.16. The van der Waals surface area contributed by atoms with Crippen LogP contribution in [0.4, 0.5) is 0 Å². The van der Waals surface area contributed by atoms with Crippen LogP contribution < -0.4 is 10.5 Å². The fourth-order valence-corrected chi connectivity index (χ4v) is 3.18. The van der Waals surface area contributed by atoms with E-state index >= 15 is 0 Å². The molecule has 2 N–H and O–H groups in total. The van der Waals surface area contributed by atoms with Crippen LogP contribution in [0.3, 0.4) is 0 Å². The Morgan fingerprint density at radius 2 is 1.84 bits per heavy atom. The molecule has 0 saturated carbocycles. The van der Waals surface area contributed by atoms with Crippen LogP contribution in [0.2, 0.25) is 0 Å². The van der Waals surface area contributed by atoms with Crippen molar-refractivity contribution in [1.82, 2.24) is 0 Å². The lowest BCUT2D eigenvalue weighted by atomic mass is 10.1. The first-order chi connectivity index (χ1) is 9.24. The van der Waals surface area contributed by atoms with E-state index in [9.17, 15) is 0 Å². The first-order valence-corrected chi connectivity index (χ1v) is 7.67. The van der Waals surface area contributed by atoms with Gasteiger partial charge in [-0.25, -0.2) is 0 Å². The van der Waals surface area contributed by atoms with Gasteiger partial charge in [-0.15, -0.1) is 11.8 Å². The quantitative estimate of drug-likeness (QED) is 0.828. The molecule has 2 aromatic rings. The molecule has 0 heterocycles. The number of para-hydroxylation sites is 1. The van der Waals surface area contributed by atoms with Gasteiger partial charge in [-0.05, 0) is 29.8 Å². The summed E-state index contributed by atoms with van der Waals surface area (Å²) in [5, 5.41) is 0.226. The van der Waals surface area contributed by atoms with Gasteiger partial charge in [-0.3, -0.25) is 0 Å². The molecule has 0 radical (unpaired) electrons. The van der Waals surface area contributed by atoms with Crippen LogP contribution in [0.15, 0.2) is 57.9 Å². The molecule has 19 heavy (non-hydrogen) atoms. The Hall–Kier alpha value is -0.970. The van der Waals surface area contributed by atoms with Gasteiger partial charge in [0.2, 0.25) is 0 Å². The van der Waals surface area contributed by atoms with E-state index in [0.717, 1.165) is 15.1 Å². The summed E-state index contributed by atoms with van der Waals surface area (Å²) in [5.41, 5.74) is 7.13. The third-order valence-corrected chi connectivity index (χ3v) is 4.66.